The number of rotatable bonds is 2. The smallest absolute Gasteiger partial charge is 0.271 e. The van der Waals surface area contributed by atoms with E-state index in [1.807, 2.05) is 0 Å². The Balaban J connectivity index is 1.89. The summed E-state index contributed by atoms with van der Waals surface area (Å²) < 4.78 is 0. The number of hydrogen-bond acceptors (Lipinski definition) is 4. The predicted octanol–water partition coefficient (Wildman–Crippen LogP) is 0.577. The molecule has 1 saturated heterocycles. The molecule has 1 amide bonds. The van der Waals surface area contributed by atoms with Crippen molar-refractivity contribution in [1.82, 2.24) is 15.2 Å². The zero-order chi connectivity index (χ0) is 9.97. The Kier molecular flexibility index (Phi) is 2.79. The number of aromatic nitrogens is 1. The summed E-state index contributed by atoms with van der Waals surface area (Å²) in [7, 11) is 2.06. The molecule has 0 bridgehead atoms. The number of nitrogens with one attached hydrogen (secondary N) is 1. The van der Waals surface area contributed by atoms with Gasteiger partial charge in [0.25, 0.3) is 5.91 Å². The lowest BCUT2D eigenvalue weighted by atomic mass is 10.2. The molecule has 76 valence electrons. The quantitative estimate of drug-likeness (QED) is 0.778. The fraction of sp³-hybridized carbons (Fsp3) is 0.556. The maximum Gasteiger partial charge on any atom is 0.271 e. The molecule has 1 aliphatic rings. The highest BCUT2D eigenvalue weighted by atomic mass is 32.1. The van der Waals surface area contributed by atoms with Crippen molar-refractivity contribution >= 4 is 17.2 Å². The highest BCUT2D eigenvalue weighted by molar-refractivity contribution is 7.07. The van der Waals surface area contributed by atoms with Crippen molar-refractivity contribution in [2.45, 2.75) is 12.5 Å². The van der Waals surface area contributed by atoms with Gasteiger partial charge in [-0.05, 0) is 20.0 Å². The molecule has 2 heterocycles. The van der Waals surface area contributed by atoms with Crippen LogP contribution >= 0.6 is 11.3 Å². The largest absolute Gasteiger partial charge is 0.347 e. The lowest BCUT2D eigenvalue weighted by Gasteiger charge is -2.11. The van der Waals surface area contributed by atoms with E-state index in [0.29, 0.717) is 5.69 Å². The first-order chi connectivity index (χ1) is 6.75. The molecular formula is C9H13N3OS. The van der Waals surface area contributed by atoms with Crippen LogP contribution in [-0.4, -0.2) is 42.0 Å². The van der Waals surface area contributed by atoms with Crippen molar-refractivity contribution in [3.8, 4) is 0 Å². The topological polar surface area (TPSA) is 45.2 Å². The lowest BCUT2D eigenvalue weighted by Crippen LogP contribution is -2.36. The van der Waals surface area contributed by atoms with E-state index in [9.17, 15) is 4.79 Å². The first-order valence-electron chi connectivity index (χ1n) is 4.63. The average Bonchev–Trinajstić information content (AvgIpc) is 2.75. The summed E-state index contributed by atoms with van der Waals surface area (Å²) >= 11 is 1.44. The summed E-state index contributed by atoms with van der Waals surface area (Å²) in [4.78, 5) is 17.8. The SMILES string of the molecule is CN1CCC(NC(=O)c2cscn2)C1. The van der Waals surface area contributed by atoms with Crippen LogP contribution in [0.5, 0.6) is 0 Å². The zero-order valence-electron chi connectivity index (χ0n) is 8.06. The first kappa shape index (κ1) is 9.61. The van der Waals surface area contributed by atoms with Crippen molar-refractivity contribution in [3.63, 3.8) is 0 Å². The molecule has 1 aliphatic heterocycles. The fourth-order valence-electron chi connectivity index (χ4n) is 1.64. The highest BCUT2D eigenvalue weighted by Gasteiger charge is 2.21. The van der Waals surface area contributed by atoms with Crippen LogP contribution in [0.4, 0.5) is 0 Å². The van der Waals surface area contributed by atoms with Gasteiger partial charge in [-0.1, -0.05) is 0 Å². The van der Waals surface area contributed by atoms with Crippen molar-refractivity contribution in [3.05, 3.63) is 16.6 Å². The van der Waals surface area contributed by atoms with E-state index in [4.69, 9.17) is 0 Å². The molecule has 0 aliphatic carbocycles. The predicted molar refractivity (Wildman–Crippen MR) is 55.5 cm³/mol. The fourth-order valence-corrected chi connectivity index (χ4v) is 2.17. The van der Waals surface area contributed by atoms with Crippen LogP contribution in [-0.2, 0) is 0 Å². The van der Waals surface area contributed by atoms with Crippen LogP contribution in [0.3, 0.4) is 0 Å². The van der Waals surface area contributed by atoms with Crippen molar-refractivity contribution < 1.29 is 4.79 Å². The lowest BCUT2D eigenvalue weighted by molar-refractivity contribution is 0.0934. The minimum absolute atomic E-state index is 0.0495. The van der Waals surface area contributed by atoms with Gasteiger partial charge in [-0.3, -0.25) is 4.79 Å². The monoisotopic (exact) mass is 211 g/mol. The summed E-state index contributed by atoms with van der Waals surface area (Å²) in [6.45, 7) is 2.00. The Bertz CT molecular complexity index is 312. The molecule has 2 rings (SSSR count). The van der Waals surface area contributed by atoms with Crippen LogP contribution in [0, 0.1) is 0 Å². The number of amides is 1. The molecule has 1 atom stereocenters. The minimum Gasteiger partial charge on any atom is -0.347 e. The summed E-state index contributed by atoms with van der Waals surface area (Å²) in [5.41, 5.74) is 2.21. The van der Waals surface area contributed by atoms with Gasteiger partial charge in [-0.15, -0.1) is 11.3 Å². The molecule has 5 heteroatoms. The number of hydrogen-bond donors (Lipinski definition) is 1. The maximum atomic E-state index is 11.6. The van der Waals surface area contributed by atoms with Gasteiger partial charge in [0, 0.05) is 18.0 Å². The van der Waals surface area contributed by atoms with E-state index in [1.165, 1.54) is 11.3 Å². The first-order valence-corrected chi connectivity index (χ1v) is 5.57. The second-order valence-corrected chi connectivity index (χ2v) is 4.31. The van der Waals surface area contributed by atoms with Gasteiger partial charge in [0.1, 0.15) is 5.69 Å². The molecule has 1 aromatic rings. The van der Waals surface area contributed by atoms with Gasteiger partial charge in [-0.2, -0.15) is 0 Å². The Morgan fingerprint density at radius 2 is 2.64 bits per heavy atom. The van der Waals surface area contributed by atoms with E-state index in [-0.39, 0.29) is 11.9 Å². The van der Waals surface area contributed by atoms with Gasteiger partial charge in [-0.25, -0.2) is 4.98 Å². The second kappa shape index (κ2) is 4.06. The number of carbonyl (C=O) groups excluding carboxylic acids is 1. The Hall–Kier alpha value is -0.940. The number of nitrogens with zero attached hydrogens (tertiary/aromatic N) is 2. The molecule has 1 fully saturated rings. The summed E-state index contributed by atoms with van der Waals surface area (Å²) in [6, 6.07) is 0.286. The van der Waals surface area contributed by atoms with Crippen LogP contribution in [0.1, 0.15) is 16.9 Å². The average molecular weight is 211 g/mol. The number of carbonyl (C=O) groups is 1. The van der Waals surface area contributed by atoms with Crippen LogP contribution in [0.2, 0.25) is 0 Å². The van der Waals surface area contributed by atoms with Crippen molar-refractivity contribution in [2.75, 3.05) is 20.1 Å². The van der Waals surface area contributed by atoms with Crippen molar-refractivity contribution in [2.24, 2.45) is 0 Å². The van der Waals surface area contributed by atoms with E-state index in [2.05, 4.69) is 22.2 Å². The molecule has 14 heavy (non-hydrogen) atoms. The van der Waals surface area contributed by atoms with Gasteiger partial charge in [0.15, 0.2) is 0 Å². The van der Waals surface area contributed by atoms with Gasteiger partial charge >= 0.3 is 0 Å². The van der Waals surface area contributed by atoms with Gasteiger partial charge in [0.2, 0.25) is 0 Å². The van der Waals surface area contributed by atoms with Gasteiger partial charge < -0.3 is 10.2 Å². The molecule has 0 saturated carbocycles. The highest BCUT2D eigenvalue weighted by Crippen LogP contribution is 2.07. The summed E-state index contributed by atoms with van der Waals surface area (Å²) in [5.74, 6) is -0.0495. The number of thiazole rings is 1. The Morgan fingerprint density at radius 3 is 3.21 bits per heavy atom. The maximum absolute atomic E-state index is 11.6. The third-order valence-electron chi connectivity index (χ3n) is 2.39. The molecule has 1 aromatic heterocycles. The third-order valence-corrected chi connectivity index (χ3v) is 2.98. The van der Waals surface area contributed by atoms with Gasteiger partial charge in [0.05, 0.1) is 5.51 Å². The Morgan fingerprint density at radius 1 is 1.79 bits per heavy atom. The molecule has 0 aromatic carbocycles. The number of likely N-dealkylation sites (N-methyl/N-ethyl adjacent to an activating group) is 1. The van der Waals surface area contributed by atoms with E-state index >= 15 is 0 Å². The molecular weight excluding hydrogens is 198 g/mol. The van der Waals surface area contributed by atoms with Crippen molar-refractivity contribution in [1.29, 1.82) is 0 Å². The second-order valence-electron chi connectivity index (χ2n) is 3.59. The van der Waals surface area contributed by atoms with E-state index in [0.717, 1.165) is 19.5 Å². The Labute approximate surface area is 86.9 Å². The van der Waals surface area contributed by atoms with Crippen LogP contribution < -0.4 is 5.32 Å². The van der Waals surface area contributed by atoms with E-state index in [1.54, 1.807) is 10.9 Å². The van der Waals surface area contributed by atoms with E-state index < -0.39 is 0 Å². The molecule has 0 spiro atoms. The third kappa shape index (κ3) is 2.10. The normalized spacial score (nSPS) is 22.5. The molecule has 1 unspecified atom stereocenters. The zero-order valence-corrected chi connectivity index (χ0v) is 8.88. The van der Waals surface area contributed by atoms with Crippen LogP contribution in [0.15, 0.2) is 10.9 Å². The molecule has 4 nitrogen and oxygen atoms in total. The standard InChI is InChI=1S/C9H13N3OS/c1-12-3-2-7(4-12)11-9(13)8-5-14-6-10-8/h5-7H,2-4H2,1H3,(H,11,13). The van der Waals surface area contributed by atoms with Crippen LogP contribution in [0.25, 0.3) is 0 Å². The molecule has 1 N–H and O–H groups in total. The minimum atomic E-state index is -0.0495. The number of likely N-dealkylation sites (tertiary alicyclic amines) is 1. The molecule has 0 radical (unpaired) electrons. The summed E-state index contributed by atoms with van der Waals surface area (Å²) in [5, 5.41) is 4.75. The summed E-state index contributed by atoms with van der Waals surface area (Å²) in [6.07, 6.45) is 1.03.